The molecule has 1 heterocycles. The smallest absolute Gasteiger partial charge is 0.306 e. The fourth-order valence-corrected chi connectivity index (χ4v) is 7.84. The molecule has 6 heteroatoms. The normalized spacial score (nSPS) is 23.8. The first-order valence-corrected chi connectivity index (χ1v) is 11.2. The van der Waals surface area contributed by atoms with Gasteiger partial charge in [-0.25, -0.2) is 4.21 Å². The molecule has 1 aromatic carbocycles. The van der Waals surface area contributed by atoms with Crippen LogP contribution in [0.15, 0.2) is 40.1 Å². The van der Waals surface area contributed by atoms with Crippen molar-refractivity contribution >= 4 is 40.3 Å². The van der Waals surface area contributed by atoms with Gasteiger partial charge in [0, 0.05) is 27.2 Å². The second kappa shape index (κ2) is 7.67. The number of aryl methyl sites for hydroxylation is 1. The van der Waals surface area contributed by atoms with Crippen LogP contribution in [0.1, 0.15) is 24.8 Å². The lowest BCUT2D eigenvalue weighted by Gasteiger charge is -2.35. The van der Waals surface area contributed by atoms with Crippen LogP contribution in [0.3, 0.4) is 0 Å². The Kier molecular flexibility index (Phi) is 5.78. The number of carbonyl (C=O) groups is 1. The molecule has 1 unspecified atom stereocenters. The Morgan fingerprint density at radius 1 is 1.29 bits per heavy atom. The number of rotatable bonds is 4. The second-order valence-electron chi connectivity index (χ2n) is 6.18. The molecule has 1 saturated heterocycles. The van der Waals surface area contributed by atoms with E-state index >= 15 is 0 Å². The van der Waals surface area contributed by atoms with Crippen molar-refractivity contribution in [3.8, 4) is 0 Å². The molecule has 1 aliphatic heterocycles. The highest BCUT2D eigenvalue weighted by Gasteiger charge is 2.42. The van der Waals surface area contributed by atoms with E-state index in [0.717, 1.165) is 39.7 Å². The molecule has 1 aromatic rings. The third kappa shape index (κ3) is 3.92. The minimum absolute atomic E-state index is 0.00793. The zero-order valence-corrected chi connectivity index (χ0v) is 16.4. The summed E-state index contributed by atoms with van der Waals surface area (Å²) in [7, 11) is 0.208. The first-order chi connectivity index (χ1) is 11.5. The lowest BCUT2D eigenvalue weighted by molar-refractivity contribution is -0.141. The molecule has 24 heavy (non-hydrogen) atoms. The van der Waals surface area contributed by atoms with Gasteiger partial charge < -0.3 is 4.74 Å². The van der Waals surface area contributed by atoms with Gasteiger partial charge in [-0.2, -0.15) is 0 Å². The van der Waals surface area contributed by atoms with Crippen molar-refractivity contribution in [2.75, 3.05) is 18.6 Å². The molecule has 0 saturated carbocycles. The molecule has 0 radical (unpaired) electrons. The monoisotopic (exact) mass is 382 g/mol. The van der Waals surface area contributed by atoms with Gasteiger partial charge in [-0.05, 0) is 31.9 Å². The fraction of sp³-hybridized carbons (Fsp3) is 0.500. The lowest BCUT2D eigenvalue weighted by atomic mass is 9.92. The summed E-state index contributed by atoms with van der Waals surface area (Å²) in [6, 6.07) is 7.81. The summed E-state index contributed by atoms with van der Waals surface area (Å²) >= 11 is 3.97. The predicted octanol–water partition coefficient (Wildman–Crippen LogP) is 4.14. The number of ether oxygens (including phenoxy) is 1. The Bertz CT molecular complexity index is 661. The average Bonchev–Trinajstić information content (AvgIpc) is 3.03. The number of allylic oxidation sites excluding steroid dienone is 2. The summed E-state index contributed by atoms with van der Waals surface area (Å²) in [6.07, 6.45) is 4.25. The molecule has 1 fully saturated rings. The molecule has 3 nitrogen and oxygen atoms in total. The number of benzene rings is 1. The molecule has 1 aliphatic carbocycles. The zero-order chi connectivity index (χ0) is 17.2. The van der Waals surface area contributed by atoms with Gasteiger partial charge in [-0.1, -0.05) is 23.8 Å². The van der Waals surface area contributed by atoms with Crippen LogP contribution in [-0.4, -0.2) is 32.9 Å². The van der Waals surface area contributed by atoms with Crippen molar-refractivity contribution in [3.63, 3.8) is 0 Å². The largest absolute Gasteiger partial charge is 0.469 e. The van der Waals surface area contributed by atoms with Gasteiger partial charge in [0.1, 0.15) is 0 Å². The maximum absolute atomic E-state index is 13.1. The van der Waals surface area contributed by atoms with Gasteiger partial charge in [0.2, 0.25) is 0 Å². The number of methoxy groups -OCH3 is 1. The van der Waals surface area contributed by atoms with Crippen LogP contribution in [-0.2, 0) is 20.3 Å². The molecular formula is C18H22O3S3. The number of carbonyl (C=O) groups excluding carboxylic acids is 1. The summed E-state index contributed by atoms with van der Waals surface area (Å²) in [6.45, 7) is 2.02. The van der Waals surface area contributed by atoms with Gasteiger partial charge in [0.05, 0.1) is 28.4 Å². The summed E-state index contributed by atoms with van der Waals surface area (Å²) in [5, 5.41) is 0. The van der Waals surface area contributed by atoms with Crippen LogP contribution in [0.25, 0.3) is 0 Å². The van der Waals surface area contributed by atoms with Crippen LogP contribution >= 0.6 is 23.5 Å². The standard InChI is InChI=1S/C18H22O3S3/c1-13-3-5-15(6-4-13)24(20)16-7-8-18(22-9-10-23-18)12-14(16)11-17(19)21-2/h3-7,14H,8-12H2,1-2H3/t14-,24?/m1/s1. The Balaban J connectivity index is 1.87. The van der Waals surface area contributed by atoms with Crippen molar-refractivity contribution in [2.24, 2.45) is 5.92 Å². The van der Waals surface area contributed by atoms with Crippen molar-refractivity contribution in [3.05, 3.63) is 40.8 Å². The Labute approximate surface area is 154 Å². The molecule has 1 spiro atoms. The van der Waals surface area contributed by atoms with Crippen molar-refractivity contribution in [1.82, 2.24) is 0 Å². The third-order valence-corrected chi connectivity index (χ3v) is 9.61. The molecule has 0 amide bonds. The van der Waals surface area contributed by atoms with E-state index in [2.05, 4.69) is 6.08 Å². The topological polar surface area (TPSA) is 43.4 Å². The zero-order valence-electron chi connectivity index (χ0n) is 13.9. The van der Waals surface area contributed by atoms with E-state index in [-0.39, 0.29) is 16.0 Å². The van der Waals surface area contributed by atoms with Gasteiger partial charge in [0.15, 0.2) is 0 Å². The predicted molar refractivity (Wildman–Crippen MR) is 103 cm³/mol. The maximum Gasteiger partial charge on any atom is 0.306 e. The third-order valence-electron chi connectivity index (χ3n) is 4.48. The molecular weight excluding hydrogens is 360 g/mol. The highest BCUT2D eigenvalue weighted by Crippen LogP contribution is 2.54. The first kappa shape index (κ1) is 18.1. The lowest BCUT2D eigenvalue weighted by Crippen LogP contribution is -2.29. The van der Waals surface area contributed by atoms with E-state index in [1.165, 1.54) is 7.11 Å². The van der Waals surface area contributed by atoms with Gasteiger partial charge in [-0.15, -0.1) is 23.5 Å². The number of hydrogen-bond donors (Lipinski definition) is 0. The van der Waals surface area contributed by atoms with Crippen molar-refractivity contribution in [1.29, 1.82) is 0 Å². The quantitative estimate of drug-likeness (QED) is 0.733. The number of esters is 1. The van der Waals surface area contributed by atoms with Crippen molar-refractivity contribution < 1.29 is 13.7 Å². The first-order valence-electron chi connectivity index (χ1n) is 8.06. The van der Waals surface area contributed by atoms with Gasteiger partial charge in [0.25, 0.3) is 0 Å². The molecule has 0 bridgehead atoms. The van der Waals surface area contributed by atoms with Gasteiger partial charge in [-0.3, -0.25) is 4.79 Å². The number of hydrogen-bond acceptors (Lipinski definition) is 5. The molecule has 0 N–H and O–H groups in total. The SMILES string of the molecule is COC(=O)C[C@@H]1CC2(CC=C1S(=O)c1ccc(C)cc1)SCCS2. The second-order valence-corrected chi connectivity index (χ2v) is 10.9. The van der Waals surface area contributed by atoms with Crippen molar-refractivity contribution in [2.45, 2.75) is 35.2 Å². The highest BCUT2D eigenvalue weighted by atomic mass is 32.2. The van der Waals surface area contributed by atoms with Crippen LogP contribution in [0.4, 0.5) is 0 Å². The minimum atomic E-state index is -1.21. The molecule has 2 atom stereocenters. The molecule has 130 valence electrons. The Morgan fingerprint density at radius 3 is 2.58 bits per heavy atom. The van der Waals surface area contributed by atoms with Gasteiger partial charge >= 0.3 is 5.97 Å². The molecule has 2 aliphatic rings. The fourth-order valence-electron chi connectivity index (χ4n) is 3.20. The van der Waals surface area contributed by atoms with E-state index in [1.54, 1.807) is 0 Å². The summed E-state index contributed by atoms with van der Waals surface area (Å²) in [5.41, 5.74) is 1.15. The molecule has 0 aromatic heterocycles. The van der Waals surface area contributed by atoms with E-state index in [4.69, 9.17) is 4.74 Å². The summed E-state index contributed by atoms with van der Waals surface area (Å²) < 4.78 is 18.1. The summed E-state index contributed by atoms with van der Waals surface area (Å²) in [5.74, 6) is 2.07. The van der Waals surface area contributed by atoms with Crippen LogP contribution < -0.4 is 0 Å². The van der Waals surface area contributed by atoms with Crippen LogP contribution in [0, 0.1) is 12.8 Å². The highest BCUT2D eigenvalue weighted by molar-refractivity contribution is 8.21. The maximum atomic E-state index is 13.1. The van der Waals surface area contributed by atoms with Crippen LogP contribution in [0.5, 0.6) is 0 Å². The Hall–Kier alpha value is -0.720. The summed E-state index contributed by atoms with van der Waals surface area (Å²) in [4.78, 5) is 13.6. The Morgan fingerprint density at radius 2 is 1.96 bits per heavy atom. The average molecular weight is 383 g/mol. The van der Waals surface area contributed by atoms with E-state index in [9.17, 15) is 9.00 Å². The van der Waals surface area contributed by atoms with E-state index in [0.29, 0.717) is 6.42 Å². The minimum Gasteiger partial charge on any atom is -0.469 e. The number of thioether (sulfide) groups is 2. The van der Waals surface area contributed by atoms with E-state index < -0.39 is 10.8 Å². The van der Waals surface area contributed by atoms with Crippen LogP contribution in [0.2, 0.25) is 0 Å². The molecule has 3 rings (SSSR count). The van der Waals surface area contributed by atoms with E-state index in [1.807, 2.05) is 54.7 Å².